The zero-order chi connectivity index (χ0) is 22.6. The maximum atomic E-state index is 12.6. The van der Waals surface area contributed by atoms with E-state index in [-0.39, 0.29) is 11.4 Å². The number of likely N-dealkylation sites (N-methyl/N-ethyl adjacent to an activating group) is 1. The number of hydrogen-bond acceptors (Lipinski definition) is 5. The molecule has 1 heterocycles. The quantitative estimate of drug-likeness (QED) is 0.434. The maximum Gasteiger partial charge on any atom is 0.255 e. The van der Waals surface area contributed by atoms with Crippen molar-refractivity contribution in [1.29, 1.82) is 0 Å². The van der Waals surface area contributed by atoms with Gasteiger partial charge in [-0.2, -0.15) is 14.5 Å². The minimum absolute atomic E-state index is 0.118. The Bertz CT molecular complexity index is 1210. The molecule has 0 radical (unpaired) electrons. The van der Waals surface area contributed by atoms with Gasteiger partial charge in [-0.25, -0.2) is 18.5 Å². The summed E-state index contributed by atoms with van der Waals surface area (Å²) in [5.41, 5.74) is 5.24. The molecule has 0 atom stereocenters. The molecular weight excluding hydrogens is 438 g/mol. The predicted octanol–water partition coefficient (Wildman–Crippen LogP) is 2.91. The van der Waals surface area contributed by atoms with Crippen molar-refractivity contribution in [3.63, 3.8) is 0 Å². The van der Waals surface area contributed by atoms with Gasteiger partial charge in [0.05, 0.1) is 34.6 Å². The molecule has 0 saturated heterocycles. The highest BCUT2D eigenvalue weighted by Gasteiger charge is 2.22. The van der Waals surface area contributed by atoms with E-state index in [2.05, 4.69) is 15.6 Å². The molecule has 3 rings (SSSR count). The minimum Gasteiger partial charge on any atom is -0.272 e. The number of rotatable bonds is 7. The molecule has 1 N–H and O–H groups in total. The smallest absolute Gasteiger partial charge is 0.255 e. The summed E-state index contributed by atoms with van der Waals surface area (Å²) in [6.45, 7) is 3.25. The van der Waals surface area contributed by atoms with Crippen molar-refractivity contribution in [2.75, 3.05) is 13.6 Å². The van der Waals surface area contributed by atoms with Crippen molar-refractivity contribution in [2.24, 2.45) is 5.10 Å². The lowest BCUT2D eigenvalue weighted by molar-refractivity contribution is -0.121. The lowest BCUT2D eigenvalue weighted by atomic mass is 10.2. The number of hydrogen-bond donors (Lipinski definition) is 1. The Morgan fingerprint density at radius 1 is 1.16 bits per heavy atom. The zero-order valence-electron chi connectivity index (χ0n) is 17.3. The number of carbonyl (C=O) groups is 1. The fourth-order valence-electron chi connectivity index (χ4n) is 2.78. The van der Waals surface area contributed by atoms with Crippen LogP contribution >= 0.6 is 11.6 Å². The van der Waals surface area contributed by atoms with Crippen LogP contribution in [-0.2, 0) is 14.8 Å². The molecule has 0 fully saturated rings. The van der Waals surface area contributed by atoms with Gasteiger partial charge in [-0.1, -0.05) is 47.5 Å². The molecule has 31 heavy (non-hydrogen) atoms. The second-order valence-corrected chi connectivity index (χ2v) is 9.31. The number of hydrazone groups is 1. The molecule has 0 bridgehead atoms. The number of nitrogens with one attached hydrogen (secondary N) is 1. The van der Waals surface area contributed by atoms with Gasteiger partial charge in [-0.15, -0.1) is 0 Å². The molecule has 0 aliphatic heterocycles. The molecule has 8 nitrogen and oxygen atoms in total. The molecule has 162 valence electrons. The highest BCUT2D eigenvalue weighted by atomic mass is 35.5. The van der Waals surface area contributed by atoms with E-state index in [9.17, 15) is 13.2 Å². The van der Waals surface area contributed by atoms with Gasteiger partial charge in [-0.05, 0) is 38.1 Å². The van der Waals surface area contributed by atoms with E-state index >= 15 is 0 Å². The zero-order valence-corrected chi connectivity index (χ0v) is 18.9. The van der Waals surface area contributed by atoms with Crippen LogP contribution in [0.5, 0.6) is 0 Å². The molecule has 0 unspecified atom stereocenters. The van der Waals surface area contributed by atoms with Crippen molar-refractivity contribution in [2.45, 2.75) is 18.7 Å². The van der Waals surface area contributed by atoms with Crippen LogP contribution in [0.2, 0.25) is 5.15 Å². The second kappa shape index (κ2) is 9.42. The van der Waals surface area contributed by atoms with E-state index in [1.165, 1.54) is 25.4 Å². The largest absolute Gasteiger partial charge is 0.272 e. The molecule has 2 aromatic carbocycles. The third-order valence-electron chi connectivity index (χ3n) is 4.53. The van der Waals surface area contributed by atoms with Crippen LogP contribution in [0.15, 0.2) is 64.6 Å². The molecule has 1 aromatic heterocycles. The minimum atomic E-state index is -3.78. The lowest BCUT2D eigenvalue weighted by Crippen LogP contribution is -2.36. The molecule has 0 saturated carbocycles. The summed E-state index contributed by atoms with van der Waals surface area (Å²) in [6.07, 6.45) is 1.39. The first-order chi connectivity index (χ1) is 14.7. The Balaban J connectivity index is 1.66. The molecule has 1 amide bonds. The summed E-state index contributed by atoms with van der Waals surface area (Å²) in [6, 6.07) is 15.8. The maximum absolute atomic E-state index is 12.6. The Morgan fingerprint density at radius 3 is 2.45 bits per heavy atom. The molecule has 0 spiro atoms. The van der Waals surface area contributed by atoms with Crippen LogP contribution < -0.4 is 5.43 Å². The van der Waals surface area contributed by atoms with Crippen LogP contribution in [0.3, 0.4) is 0 Å². The number of aryl methyl sites for hydroxylation is 2. The van der Waals surface area contributed by atoms with Crippen LogP contribution in [0, 0.1) is 13.8 Å². The number of para-hydroxylation sites is 1. The van der Waals surface area contributed by atoms with Crippen LogP contribution in [-0.4, -0.2) is 48.2 Å². The highest BCUT2D eigenvalue weighted by molar-refractivity contribution is 7.89. The van der Waals surface area contributed by atoms with Crippen molar-refractivity contribution >= 4 is 33.7 Å². The van der Waals surface area contributed by atoms with E-state index in [1.807, 2.05) is 37.3 Å². The number of carbonyl (C=O) groups excluding carboxylic acids is 1. The van der Waals surface area contributed by atoms with Gasteiger partial charge in [0.1, 0.15) is 5.15 Å². The van der Waals surface area contributed by atoms with Gasteiger partial charge in [0.2, 0.25) is 10.0 Å². The SMILES string of the molecule is Cc1ccc(S(=O)(=O)N(C)CC(=O)N/N=C/c2c(C)nn(-c3ccccc3)c2Cl)cc1. The number of sulfonamides is 1. The van der Waals surface area contributed by atoms with E-state index in [1.54, 1.807) is 23.7 Å². The molecule has 10 heteroatoms. The van der Waals surface area contributed by atoms with Crippen molar-refractivity contribution in [1.82, 2.24) is 19.5 Å². The Labute approximate surface area is 186 Å². The predicted molar refractivity (Wildman–Crippen MR) is 120 cm³/mol. The van der Waals surface area contributed by atoms with E-state index in [0.29, 0.717) is 16.4 Å². The monoisotopic (exact) mass is 459 g/mol. The first-order valence-electron chi connectivity index (χ1n) is 9.35. The summed E-state index contributed by atoms with van der Waals surface area (Å²) >= 11 is 6.41. The van der Waals surface area contributed by atoms with Crippen LogP contribution in [0.1, 0.15) is 16.8 Å². The number of amides is 1. The topological polar surface area (TPSA) is 96.7 Å². The average molecular weight is 460 g/mol. The number of halogens is 1. The van der Waals surface area contributed by atoms with E-state index in [4.69, 9.17) is 11.6 Å². The van der Waals surface area contributed by atoms with Crippen molar-refractivity contribution in [3.8, 4) is 5.69 Å². The van der Waals surface area contributed by atoms with Gasteiger partial charge in [-0.3, -0.25) is 4.79 Å². The van der Waals surface area contributed by atoms with E-state index in [0.717, 1.165) is 15.6 Å². The normalized spacial score (nSPS) is 11.9. The van der Waals surface area contributed by atoms with Gasteiger partial charge in [0.15, 0.2) is 0 Å². The number of aromatic nitrogens is 2. The molecule has 0 aliphatic carbocycles. The molecular formula is C21H22ClN5O3S. The third kappa shape index (κ3) is 5.19. The Hall–Kier alpha value is -3.01. The fourth-order valence-corrected chi connectivity index (χ4v) is 4.23. The third-order valence-corrected chi connectivity index (χ3v) is 6.71. The van der Waals surface area contributed by atoms with Gasteiger partial charge >= 0.3 is 0 Å². The summed E-state index contributed by atoms with van der Waals surface area (Å²) in [7, 11) is -2.45. The van der Waals surface area contributed by atoms with Gasteiger partial charge in [0.25, 0.3) is 5.91 Å². The van der Waals surface area contributed by atoms with Crippen molar-refractivity contribution in [3.05, 3.63) is 76.6 Å². The first kappa shape index (κ1) is 22.7. The van der Waals surface area contributed by atoms with E-state index < -0.39 is 15.9 Å². The fraction of sp³-hybridized carbons (Fsp3) is 0.190. The lowest BCUT2D eigenvalue weighted by Gasteiger charge is -2.16. The van der Waals surface area contributed by atoms with Crippen LogP contribution in [0.4, 0.5) is 0 Å². The number of nitrogens with zero attached hydrogens (tertiary/aromatic N) is 4. The average Bonchev–Trinajstić information content (AvgIpc) is 3.03. The van der Waals surface area contributed by atoms with Crippen molar-refractivity contribution < 1.29 is 13.2 Å². The number of benzene rings is 2. The van der Waals surface area contributed by atoms with Gasteiger partial charge < -0.3 is 0 Å². The highest BCUT2D eigenvalue weighted by Crippen LogP contribution is 2.21. The molecule has 3 aromatic rings. The summed E-state index contributed by atoms with van der Waals surface area (Å²) in [5, 5.41) is 8.65. The summed E-state index contributed by atoms with van der Waals surface area (Å²) < 4.78 is 27.7. The Kier molecular flexibility index (Phi) is 6.89. The first-order valence-corrected chi connectivity index (χ1v) is 11.2. The molecule has 0 aliphatic rings. The Morgan fingerprint density at radius 2 is 1.81 bits per heavy atom. The van der Waals surface area contributed by atoms with Gasteiger partial charge in [0, 0.05) is 7.05 Å². The van der Waals surface area contributed by atoms with Crippen LogP contribution in [0.25, 0.3) is 5.69 Å². The summed E-state index contributed by atoms with van der Waals surface area (Å²) in [4.78, 5) is 12.3. The second-order valence-electron chi connectivity index (χ2n) is 6.90. The standard InChI is InChI=1S/C21H22ClN5O3S/c1-15-9-11-18(12-10-15)31(29,30)26(3)14-20(28)24-23-13-19-16(2)25-27(21(19)22)17-7-5-4-6-8-17/h4-13H,14H2,1-3H3,(H,24,28)/b23-13+. The summed E-state index contributed by atoms with van der Waals surface area (Å²) in [5.74, 6) is -0.585.